The normalized spacial score (nSPS) is 18.0. The van der Waals surface area contributed by atoms with Crippen LogP contribution in [-0.4, -0.2) is 28.9 Å². The highest BCUT2D eigenvalue weighted by Gasteiger charge is 2.23. The number of amides is 1. The van der Waals surface area contributed by atoms with Gasteiger partial charge in [0.05, 0.1) is 0 Å². The molecule has 1 atom stereocenters. The molecule has 0 N–H and O–H groups in total. The molecule has 1 aromatic carbocycles. The van der Waals surface area contributed by atoms with Crippen molar-refractivity contribution in [2.24, 2.45) is 0 Å². The lowest BCUT2D eigenvalue weighted by Gasteiger charge is -2.31. The van der Waals surface area contributed by atoms with Gasteiger partial charge in [-0.05, 0) is 43.4 Å². The zero-order valence-electron chi connectivity index (χ0n) is 14.0. The Morgan fingerprint density at radius 1 is 1.17 bits per heavy atom. The zero-order valence-corrected chi connectivity index (χ0v) is 14.0. The lowest BCUT2D eigenvalue weighted by molar-refractivity contribution is -0.130. The molecule has 23 heavy (non-hydrogen) atoms. The number of rotatable bonds is 3. The molecule has 1 fully saturated rings. The summed E-state index contributed by atoms with van der Waals surface area (Å²) in [6.07, 6.45) is 5.09. The number of carbonyl (C=O) groups excluding carboxylic acids is 1. The van der Waals surface area contributed by atoms with Gasteiger partial charge in [-0.25, -0.2) is 0 Å². The molecule has 2 heterocycles. The third kappa shape index (κ3) is 3.98. The van der Waals surface area contributed by atoms with Gasteiger partial charge in [-0.2, -0.15) is 0 Å². The summed E-state index contributed by atoms with van der Waals surface area (Å²) < 4.78 is 0. The molecule has 0 radical (unpaired) electrons. The summed E-state index contributed by atoms with van der Waals surface area (Å²) in [4.78, 5) is 18.2. The van der Waals surface area contributed by atoms with E-state index in [0.29, 0.717) is 5.92 Å². The molecule has 2 aromatic rings. The third-order valence-corrected chi connectivity index (χ3v) is 4.66. The molecule has 0 saturated carbocycles. The van der Waals surface area contributed by atoms with Crippen LogP contribution in [0.5, 0.6) is 0 Å². The molecular weight excluding hydrogens is 284 g/mol. The number of nitrogens with zero attached hydrogens (tertiary/aromatic N) is 2. The molecule has 0 bridgehead atoms. The fourth-order valence-electron chi connectivity index (χ4n) is 3.23. The quantitative estimate of drug-likeness (QED) is 0.866. The zero-order chi connectivity index (χ0) is 16.2. The molecular formula is C20H24N2O. The maximum absolute atomic E-state index is 11.6. The van der Waals surface area contributed by atoms with E-state index in [4.69, 9.17) is 0 Å². The third-order valence-electron chi connectivity index (χ3n) is 4.66. The van der Waals surface area contributed by atoms with Gasteiger partial charge in [-0.1, -0.05) is 35.9 Å². The van der Waals surface area contributed by atoms with Crippen LogP contribution in [0.15, 0.2) is 42.6 Å². The van der Waals surface area contributed by atoms with Gasteiger partial charge in [0, 0.05) is 37.8 Å². The number of hydrogen-bond donors (Lipinski definition) is 0. The number of pyridine rings is 1. The molecule has 0 aliphatic carbocycles. The molecule has 3 nitrogen and oxygen atoms in total. The van der Waals surface area contributed by atoms with E-state index in [9.17, 15) is 4.79 Å². The van der Waals surface area contributed by atoms with Crippen molar-refractivity contribution in [2.75, 3.05) is 13.1 Å². The van der Waals surface area contributed by atoms with Gasteiger partial charge in [0.15, 0.2) is 0 Å². The van der Waals surface area contributed by atoms with Crippen LogP contribution >= 0.6 is 0 Å². The van der Waals surface area contributed by atoms with E-state index in [1.165, 1.54) is 16.7 Å². The number of aromatic nitrogens is 1. The first-order valence-electron chi connectivity index (χ1n) is 8.37. The Hall–Kier alpha value is -2.16. The Bertz CT molecular complexity index is 661. The second-order valence-corrected chi connectivity index (χ2v) is 6.56. The first-order valence-corrected chi connectivity index (χ1v) is 8.37. The number of piperidine rings is 1. The number of aryl methyl sites for hydroxylation is 1. The highest BCUT2D eigenvalue weighted by molar-refractivity contribution is 5.73. The Kier molecular flexibility index (Phi) is 4.75. The average Bonchev–Trinajstić information content (AvgIpc) is 2.58. The monoisotopic (exact) mass is 308 g/mol. The largest absolute Gasteiger partial charge is 0.342 e. The Balaban J connectivity index is 1.67. The number of likely N-dealkylation sites (tertiary alicyclic amines) is 1. The summed E-state index contributed by atoms with van der Waals surface area (Å²) in [6, 6.07) is 13.0. The summed E-state index contributed by atoms with van der Waals surface area (Å²) in [5, 5.41) is 0. The van der Waals surface area contributed by atoms with Crippen molar-refractivity contribution in [1.82, 2.24) is 9.88 Å². The van der Waals surface area contributed by atoms with Crippen molar-refractivity contribution < 1.29 is 4.79 Å². The number of carbonyl (C=O) groups is 1. The minimum absolute atomic E-state index is 0.172. The number of benzene rings is 1. The van der Waals surface area contributed by atoms with E-state index in [1.807, 2.05) is 11.1 Å². The highest BCUT2D eigenvalue weighted by Crippen LogP contribution is 2.25. The fraction of sp³-hybridized carbons (Fsp3) is 0.400. The first-order chi connectivity index (χ1) is 11.1. The first kappa shape index (κ1) is 15.7. The second kappa shape index (κ2) is 6.95. The van der Waals surface area contributed by atoms with Gasteiger partial charge < -0.3 is 4.90 Å². The topological polar surface area (TPSA) is 33.2 Å². The summed E-state index contributed by atoms with van der Waals surface area (Å²) in [5.41, 5.74) is 4.94. The smallest absolute Gasteiger partial charge is 0.219 e. The van der Waals surface area contributed by atoms with E-state index in [0.717, 1.165) is 38.0 Å². The van der Waals surface area contributed by atoms with Crippen molar-refractivity contribution >= 4 is 5.91 Å². The molecule has 3 rings (SSSR count). The minimum atomic E-state index is 0.172. The van der Waals surface area contributed by atoms with Gasteiger partial charge in [0.1, 0.15) is 0 Å². The second-order valence-electron chi connectivity index (χ2n) is 6.56. The van der Waals surface area contributed by atoms with Gasteiger partial charge >= 0.3 is 0 Å². The Morgan fingerprint density at radius 3 is 2.57 bits per heavy atom. The molecule has 1 saturated heterocycles. The van der Waals surface area contributed by atoms with Crippen LogP contribution in [0, 0.1) is 6.92 Å². The Labute approximate surface area is 138 Å². The summed E-state index contributed by atoms with van der Waals surface area (Å²) in [7, 11) is 0. The van der Waals surface area contributed by atoms with Crippen molar-refractivity contribution in [2.45, 2.75) is 39.0 Å². The van der Waals surface area contributed by atoms with Crippen LogP contribution in [0.25, 0.3) is 0 Å². The van der Waals surface area contributed by atoms with Crippen molar-refractivity contribution in [3.05, 3.63) is 65.0 Å². The number of hydrogen-bond acceptors (Lipinski definition) is 2. The van der Waals surface area contributed by atoms with Crippen LogP contribution in [-0.2, 0) is 11.2 Å². The minimum Gasteiger partial charge on any atom is -0.342 e. The van der Waals surface area contributed by atoms with Gasteiger partial charge in [0.2, 0.25) is 5.91 Å². The van der Waals surface area contributed by atoms with Gasteiger partial charge in [-0.15, -0.1) is 0 Å². The average molecular weight is 308 g/mol. The standard InChI is InChI=1S/C20H24N2O/c1-15-5-7-17(8-6-15)12-18-9-10-20(21-13-18)19-4-3-11-22(14-19)16(2)23/h5-10,13,19H,3-4,11-12,14H2,1-2H3. The molecule has 120 valence electrons. The summed E-state index contributed by atoms with van der Waals surface area (Å²) >= 11 is 0. The van der Waals surface area contributed by atoms with Crippen LogP contribution in [0.4, 0.5) is 0 Å². The van der Waals surface area contributed by atoms with Gasteiger partial charge in [0.25, 0.3) is 0 Å². The molecule has 1 aromatic heterocycles. The van der Waals surface area contributed by atoms with Gasteiger partial charge in [-0.3, -0.25) is 9.78 Å². The predicted molar refractivity (Wildman–Crippen MR) is 92.5 cm³/mol. The SMILES string of the molecule is CC(=O)N1CCCC(c2ccc(Cc3ccc(C)cc3)cn2)C1. The van der Waals surface area contributed by atoms with Crippen LogP contribution in [0.2, 0.25) is 0 Å². The van der Waals surface area contributed by atoms with Crippen LogP contribution in [0.1, 0.15) is 48.1 Å². The maximum Gasteiger partial charge on any atom is 0.219 e. The van der Waals surface area contributed by atoms with E-state index in [-0.39, 0.29) is 5.91 Å². The molecule has 1 aliphatic rings. The molecule has 1 unspecified atom stereocenters. The maximum atomic E-state index is 11.6. The van der Waals surface area contributed by atoms with Crippen molar-refractivity contribution in [3.8, 4) is 0 Å². The molecule has 3 heteroatoms. The van der Waals surface area contributed by atoms with Crippen molar-refractivity contribution in [3.63, 3.8) is 0 Å². The molecule has 1 aliphatic heterocycles. The molecule has 1 amide bonds. The molecule has 0 spiro atoms. The van der Waals surface area contributed by atoms with E-state index in [2.05, 4.69) is 48.3 Å². The highest BCUT2D eigenvalue weighted by atomic mass is 16.2. The Morgan fingerprint density at radius 2 is 1.91 bits per heavy atom. The van der Waals surface area contributed by atoms with E-state index in [1.54, 1.807) is 6.92 Å². The van der Waals surface area contributed by atoms with E-state index >= 15 is 0 Å². The summed E-state index contributed by atoms with van der Waals surface area (Å²) in [5.74, 6) is 0.548. The lowest BCUT2D eigenvalue weighted by atomic mass is 9.93. The fourth-order valence-corrected chi connectivity index (χ4v) is 3.23. The van der Waals surface area contributed by atoms with Crippen LogP contribution in [0.3, 0.4) is 0 Å². The predicted octanol–water partition coefficient (Wildman–Crippen LogP) is 3.71. The van der Waals surface area contributed by atoms with Crippen LogP contribution < -0.4 is 0 Å². The summed E-state index contributed by atoms with van der Waals surface area (Å²) in [6.45, 7) is 5.45. The lowest BCUT2D eigenvalue weighted by Crippen LogP contribution is -2.37. The van der Waals surface area contributed by atoms with Crippen molar-refractivity contribution in [1.29, 1.82) is 0 Å². The van der Waals surface area contributed by atoms with E-state index < -0.39 is 0 Å².